The predicted molar refractivity (Wildman–Crippen MR) is 48.0 cm³/mol. The summed E-state index contributed by atoms with van der Waals surface area (Å²) < 4.78 is 29.7. The van der Waals surface area contributed by atoms with Crippen LogP contribution in [0.25, 0.3) is 0 Å². The highest BCUT2D eigenvalue weighted by molar-refractivity contribution is 5.50. The lowest BCUT2D eigenvalue weighted by Gasteiger charge is -2.11. The average molecular weight is 203 g/mol. The largest absolute Gasteiger partial charge is 0.496 e. The summed E-state index contributed by atoms with van der Waals surface area (Å²) in [5, 5.41) is 0. The standard InChI is InChI=1S/C8H11F2N3O/c1-14-5-2-4(3-11)13-8(12)6(5)7(9)10/h2,7H,3,11H2,1H3,(H2,12,13). The fourth-order valence-electron chi connectivity index (χ4n) is 1.10. The number of methoxy groups -OCH3 is 1. The lowest BCUT2D eigenvalue weighted by atomic mass is 10.2. The number of hydrogen-bond acceptors (Lipinski definition) is 4. The maximum atomic E-state index is 12.5. The molecule has 0 saturated carbocycles. The van der Waals surface area contributed by atoms with Crippen LogP contribution in [0.15, 0.2) is 6.07 Å². The summed E-state index contributed by atoms with van der Waals surface area (Å²) in [7, 11) is 1.29. The quantitative estimate of drug-likeness (QED) is 0.770. The number of ether oxygens (including phenoxy) is 1. The van der Waals surface area contributed by atoms with Gasteiger partial charge < -0.3 is 16.2 Å². The highest BCUT2D eigenvalue weighted by Gasteiger charge is 2.19. The number of nitrogens with zero attached hydrogens (tertiary/aromatic N) is 1. The molecular formula is C8H11F2N3O. The van der Waals surface area contributed by atoms with E-state index in [2.05, 4.69) is 4.98 Å². The molecule has 14 heavy (non-hydrogen) atoms. The van der Waals surface area contributed by atoms with Crippen LogP contribution in [-0.2, 0) is 6.54 Å². The van der Waals surface area contributed by atoms with Crippen LogP contribution in [0.2, 0.25) is 0 Å². The zero-order chi connectivity index (χ0) is 10.7. The number of hydrogen-bond donors (Lipinski definition) is 2. The van der Waals surface area contributed by atoms with Crippen molar-refractivity contribution in [1.29, 1.82) is 0 Å². The molecular weight excluding hydrogens is 192 g/mol. The summed E-state index contributed by atoms with van der Waals surface area (Å²) >= 11 is 0. The van der Waals surface area contributed by atoms with E-state index in [4.69, 9.17) is 16.2 Å². The molecule has 0 spiro atoms. The summed E-state index contributed by atoms with van der Waals surface area (Å²) in [6, 6.07) is 1.36. The van der Waals surface area contributed by atoms with E-state index in [9.17, 15) is 8.78 Å². The summed E-state index contributed by atoms with van der Waals surface area (Å²) in [6.07, 6.45) is -2.70. The molecule has 78 valence electrons. The smallest absolute Gasteiger partial charge is 0.270 e. The molecule has 0 unspecified atom stereocenters. The second-order valence-corrected chi connectivity index (χ2v) is 2.62. The van der Waals surface area contributed by atoms with Gasteiger partial charge in [0.25, 0.3) is 6.43 Å². The third-order valence-corrected chi connectivity index (χ3v) is 1.75. The average Bonchev–Trinajstić information content (AvgIpc) is 2.15. The van der Waals surface area contributed by atoms with E-state index in [1.165, 1.54) is 13.2 Å². The summed E-state index contributed by atoms with van der Waals surface area (Å²) in [5.74, 6) is -0.215. The second-order valence-electron chi connectivity index (χ2n) is 2.62. The van der Waals surface area contributed by atoms with E-state index in [-0.39, 0.29) is 23.7 Å². The molecule has 1 aromatic heterocycles. The van der Waals surface area contributed by atoms with E-state index < -0.39 is 6.43 Å². The molecule has 6 heteroatoms. The minimum Gasteiger partial charge on any atom is -0.496 e. The molecule has 0 aliphatic heterocycles. The van der Waals surface area contributed by atoms with Crippen LogP contribution in [-0.4, -0.2) is 12.1 Å². The highest BCUT2D eigenvalue weighted by Crippen LogP contribution is 2.33. The Balaban J connectivity index is 3.27. The molecule has 0 atom stereocenters. The number of anilines is 1. The monoisotopic (exact) mass is 203 g/mol. The lowest BCUT2D eigenvalue weighted by Crippen LogP contribution is -2.07. The van der Waals surface area contributed by atoms with Crippen LogP contribution in [0.3, 0.4) is 0 Å². The van der Waals surface area contributed by atoms with Crippen LogP contribution >= 0.6 is 0 Å². The van der Waals surface area contributed by atoms with Crippen LogP contribution in [0.1, 0.15) is 17.7 Å². The number of nitrogen functional groups attached to an aromatic ring is 1. The molecule has 0 amide bonds. The fraction of sp³-hybridized carbons (Fsp3) is 0.375. The molecule has 0 fully saturated rings. The summed E-state index contributed by atoms with van der Waals surface area (Å²) in [4.78, 5) is 3.71. The Labute approximate surface area is 79.9 Å². The van der Waals surface area contributed by atoms with Gasteiger partial charge in [0.2, 0.25) is 0 Å². The Hall–Kier alpha value is -1.43. The normalized spacial score (nSPS) is 10.6. The Morgan fingerprint density at radius 2 is 2.21 bits per heavy atom. The molecule has 1 aromatic rings. The van der Waals surface area contributed by atoms with E-state index in [0.717, 1.165) is 0 Å². The zero-order valence-corrected chi connectivity index (χ0v) is 7.63. The van der Waals surface area contributed by atoms with Gasteiger partial charge in [-0.1, -0.05) is 0 Å². The first kappa shape index (κ1) is 10.6. The van der Waals surface area contributed by atoms with Crippen molar-refractivity contribution in [3.63, 3.8) is 0 Å². The number of halogens is 2. The van der Waals surface area contributed by atoms with Gasteiger partial charge in [0, 0.05) is 12.6 Å². The Kier molecular flexibility index (Phi) is 3.19. The molecule has 0 aliphatic carbocycles. The van der Waals surface area contributed by atoms with Crippen molar-refractivity contribution in [2.45, 2.75) is 13.0 Å². The van der Waals surface area contributed by atoms with Crippen LogP contribution < -0.4 is 16.2 Å². The van der Waals surface area contributed by atoms with Gasteiger partial charge in [-0.05, 0) is 0 Å². The molecule has 4 N–H and O–H groups in total. The third-order valence-electron chi connectivity index (χ3n) is 1.75. The van der Waals surface area contributed by atoms with Gasteiger partial charge in [-0.3, -0.25) is 0 Å². The molecule has 0 saturated heterocycles. The molecule has 0 bridgehead atoms. The van der Waals surface area contributed by atoms with Crippen molar-refractivity contribution in [3.8, 4) is 5.75 Å². The number of aromatic nitrogens is 1. The minimum absolute atomic E-state index is 0.0212. The van der Waals surface area contributed by atoms with Gasteiger partial charge in [0.05, 0.1) is 12.8 Å². The van der Waals surface area contributed by atoms with Crippen molar-refractivity contribution in [2.24, 2.45) is 5.73 Å². The minimum atomic E-state index is -2.70. The van der Waals surface area contributed by atoms with Gasteiger partial charge in [0.15, 0.2) is 0 Å². The van der Waals surface area contributed by atoms with Crippen molar-refractivity contribution in [2.75, 3.05) is 12.8 Å². The maximum Gasteiger partial charge on any atom is 0.270 e. The van der Waals surface area contributed by atoms with Crippen molar-refractivity contribution in [3.05, 3.63) is 17.3 Å². The fourth-order valence-corrected chi connectivity index (χ4v) is 1.10. The third kappa shape index (κ3) is 1.90. The maximum absolute atomic E-state index is 12.5. The zero-order valence-electron chi connectivity index (χ0n) is 7.63. The molecule has 1 heterocycles. The first-order valence-electron chi connectivity index (χ1n) is 3.91. The Morgan fingerprint density at radius 3 is 2.64 bits per heavy atom. The van der Waals surface area contributed by atoms with Gasteiger partial charge in [-0.15, -0.1) is 0 Å². The van der Waals surface area contributed by atoms with Crippen molar-refractivity contribution < 1.29 is 13.5 Å². The highest BCUT2D eigenvalue weighted by atomic mass is 19.3. The summed E-state index contributed by atoms with van der Waals surface area (Å²) in [6.45, 7) is 0.129. The van der Waals surface area contributed by atoms with E-state index in [0.29, 0.717) is 5.69 Å². The number of rotatable bonds is 3. The first-order chi connectivity index (χ1) is 6.60. The predicted octanol–water partition coefficient (Wildman–Crippen LogP) is 1.07. The molecule has 1 rings (SSSR count). The molecule has 0 aliphatic rings. The number of pyridine rings is 1. The van der Waals surface area contributed by atoms with Gasteiger partial charge >= 0.3 is 0 Å². The SMILES string of the molecule is COc1cc(CN)nc(N)c1C(F)F. The number of alkyl halides is 2. The van der Waals surface area contributed by atoms with Crippen LogP contribution in [0, 0.1) is 0 Å². The van der Waals surface area contributed by atoms with Gasteiger partial charge in [-0.25, -0.2) is 13.8 Å². The van der Waals surface area contributed by atoms with Crippen molar-refractivity contribution >= 4 is 5.82 Å². The van der Waals surface area contributed by atoms with Crippen LogP contribution in [0.4, 0.5) is 14.6 Å². The Morgan fingerprint density at radius 1 is 1.57 bits per heavy atom. The summed E-state index contributed by atoms with van der Waals surface area (Å²) in [5.41, 5.74) is 10.7. The van der Waals surface area contributed by atoms with Crippen molar-refractivity contribution in [1.82, 2.24) is 4.98 Å². The van der Waals surface area contributed by atoms with Gasteiger partial charge in [-0.2, -0.15) is 0 Å². The van der Waals surface area contributed by atoms with Crippen LogP contribution in [0.5, 0.6) is 5.75 Å². The topological polar surface area (TPSA) is 74.2 Å². The lowest BCUT2D eigenvalue weighted by molar-refractivity contribution is 0.147. The molecule has 4 nitrogen and oxygen atoms in total. The van der Waals surface area contributed by atoms with E-state index in [1.54, 1.807) is 0 Å². The molecule has 0 radical (unpaired) electrons. The Bertz CT molecular complexity index is 331. The van der Waals surface area contributed by atoms with E-state index >= 15 is 0 Å². The van der Waals surface area contributed by atoms with Gasteiger partial charge in [0.1, 0.15) is 17.1 Å². The first-order valence-corrected chi connectivity index (χ1v) is 3.91. The second kappa shape index (κ2) is 4.19. The van der Waals surface area contributed by atoms with E-state index in [1.807, 2.05) is 0 Å². The molecule has 0 aromatic carbocycles. The number of nitrogens with two attached hydrogens (primary N) is 2.